The zero-order valence-electron chi connectivity index (χ0n) is 8.00. The summed E-state index contributed by atoms with van der Waals surface area (Å²) in [4.78, 5) is -0.145. The highest BCUT2D eigenvalue weighted by molar-refractivity contribution is 6.27. The molecule has 0 aromatic carbocycles. The van der Waals surface area contributed by atoms with Crippen molar-refractivity contribution in [3.8, 4) is 0 Å². The lowest BCUT2D eigenvalue weighted by molar-refractivity contribution is 0.372. The maximum Gasteiger partial charge on any atom is 0.0435 e. The van der Waals surface area contributed by atoms with Gasteiger partial charge in [-0.1, -0.05) is 19.3 Å². The van der Waals surface area contributed by atoms with Crippen molar-refractivity contribution in [2.75, 3.05) is 0 Å². The fourth-order valence-electron chi connectivity index (χ4n) is 2.11. The third-order valence-electron chi connectivity index (χ3n) is 2.63. The molecule has 0 nitrogen and oxygen atoms in total. The van der Waals surface area contributed by atoms with Gasteiger partial charge in [-0.05, 0) is 33.1 Å². The van der Waals surface area contributed by atoms with Crippen LogP contribution < -0.4 is 0 Å². The lowest BCUT2D eigenvalue weighted by Gasteiger charge is -2.33. The third-order valence-corrected chi connectivity index (χ3v) is 3.28. The molecule has 1 aliphatic rings. The summed E-state index contributed by atoms with van der Waals surface area (Å²) in [5.41, 5.74) is 0. The second-order valence-corrected chi connectivity index (χ2v) is 6.39. The van der Waals surface area contributed by atoms with E-state index in [0.29, 0.717) is 0 Å². The van der Waals surface area contributed by atoms with E-state index in [0.717, 1.165) is 19.3 Å². The molecule has 0 bridgehead atoms. The van der Waals surface area contributed by atoms with E-state index in [2.05, 4.69) is 13.8 Å². The summed E-state index contributed by atoms with van der Waals surface area (Å²) < 4.78 is 0. The van der Waals surface area contributed by atoms with Gasteiger partial charge in [0.1, 0.15) is 0 Å². The van der Waals surface area contributed by atoms with Crippen LogP contribution >= 0.6 is 23.2 Å². The van der Waals surface area contributed by atoms with Crippen molar-refractivity contribution in [2.24, 2.45) is 0 Å². The van der Waals surface area contributed by atoms with Crippen LogP contribution in [-0.2, 0) is 0 Å². The Labute approximate surface area is 85.6 Å². The van der Waals surface area contributed by atoms with Gasteiger partial charge in [0, 0.05) is 9.75 Å². The fraction of sp³-hybridized carbons (Fsp3) is 1.00. The summed E-state index contributed by atoms with van der Waals surface area (Å²) in [6, 6.07) is 0. The Morgan fingerprint density at radius 1 is 0.833 bits per heavy atom. The molecule has 0 aromatic rings. The Bertz CT molecular complexity index is 134. The lowest BCUT2D eigenvalue weighted by Crippen LogP contribution is -2.31. The summed E-state index contributed by atoms with van der Waals surface area (Å²) in [7, 11) is 0. The van der Waals surface area contributed by atoms with Crippen LogP contribution in [0.25, 0.3) is 0 Å². The fourth-order valence-corrected chi connectivity index (χ4v) is 3.03. The molecule has 0 radical (unpaired) electrons. The number of alkyl halides is 2. The number of hydrogen-bond donors (Lipinski definition) is 0. The summed E-state index contributed by atoms with van der Waals surface area (Å²) in [5.74, 6) is 0. The first-order chi connectivity index (χ1) is 5.41. The lowest BCUT2D eigenvalue weighted by atomic mass is 9.85. The molecule has 0 amide bonds. The van der Waals surface area contributed by atoms with Gasteiger partial charge in [0.05, 0.1) is 0 Å². The van der Waals surface area contributed by atoms with Crippen LogP contribution in [0, 0.1) is 0 Å². The zero-order valence-corrected chi connectivity index (χ0v) is 9.51. The molecule has 0 heterocycles. The summed E-state index contributed by atoms with van der Waals surface area (Å²) in [5, 5.41) is 0. The van der Waals surface area contributed by atoms with Gasteiger partial charge in [-0.15, -0.1) is 23.2 Å². The normalized spacial score (nSPS) is 45.0. The van der Waals surface area contributed by atoms with Gasteiger partial charge >= 0.3 is 0 Å². The highest BCUT2D eigenvalue weighted by Crippen LogP contribution is 2.39. The molecule has 1 aliphatic carbocycles. The van der Waals surface area contributed by atoms with Gasteiger partial charge in [-0.2, -0.15) is 0 Å². The van der Waals surface area contributed by atoms with E-state index in [4.69, 9.17) is 23.2 Å². The maximum absolute atomic E-state index is 6.35. The Hall–Kier alpha value is 0.580. The molecular weight excluding hydrogens is 191 g/mol. The molecule has 0 aromatic heterocycles. The van der Waals surface area contributed by atoms with Crippen molar-refractivity contribution in [1.82, 2.24) is 0 Å². The largest absolute Gasteiger partial charge is 0.120 e. The van der Waals surface area contributed by atoms with Gasteiger partial charge in [-0.25, -0.2) is 0 Å². The Morgan fingerprint density at radius 3 is 1.67 bits per heavy atom. The third kappa shape index (κ3) is 3.53. The molecular formula is C10H18Cl2. The second-order valence-electron chi connectivity index (χ2n) is 4.56. The molecule has 0 spiro atoms. The average molecular weight is 209 g/mol. The van der Waals surface area contributed by atoms with Crippen molar-refractivity contribution in [3.05, 3.63) is 0 Å². The van der Waals surface area contributed by atoms with Crippen LogP contribution in [0.2, 0.25) is 0 Å². The van der Waals surface area contributed by atoms with E-state index in [1.54, 1.807) is 0 Å². The monoisotopic (exact) mass is 208 g/mol. The van der Waals surface area contributed by atoms with E-state index >= 15 is 0 Å². The highest BCUT2D eigenvalue weighted by Gasteiger charge is 2.33. The quantitative estimate of drug-likeness (QED) is 0.520. The highest BCUT2D eigenvalue weighted by atomic mass is 35.5. The molecule has 1 fully saturated rings. The minimum absolute atomic E-state index is 0.0725. The van der Waals surface area contributed by atoms with Crippen LogP contribution in [0.3, 0.4) is 0 Å². The predicted molar refractivity (Wildman–Crippen MR) is 56.2 cm³/mol. The number of rotatable bonds is 0. The first-order valence-corrected chi connectivity index (χ1v) is 5.55. The van der Waals surface area contributed by atoms with Gasteiger partial charge in [0.15, 0.2) is 0 Å². The van der Waals surface area contributed by atoms with Crippen LogP contribution in [-0.4, -0.2) is 9.75 Å². The van der Waals surface area contributed by atoms with E-state index < -0.39 is 0 Å². The van der Waals surface area contributed by atoms with Crippen LogP contribution in [0.5, 0.6) is 0 Å². The molecule has 2 unspecified atom stereocenters. The van der Waals surface area contributed by atoms with Crippen molar-refractivity contribution < 1.29 is 0 Å². The topological polar surface area (TPSA) is 0 Å². The van der Waals surface area contributed by atoms with E-state index in [-0.39, 0.29) is 9.75 Å². The van der Waals surface area contributed by atoms with Crippen LogP contribution in [0.15, 0.2) is 0 Å². The van der Waals surface area contributed by atoms with E-state index in [1.165, 1.54) is 19.3 Å². The summed E-state index contributed by atoms with van der Waals surface area (Å²) >= 11 is 12.7. The predicted octanol–water partition coefficient (Wildman–Crippen LogP) is 4.34. The first kappa shape index (κ1) is 10.7. The number of hydrogen-bond acceptors (Lipinski definition) is 0. The zero-order chi connectivity index (χ0) is 9.24. The van der Waals surface area contributed by atoms with Crippen molar-refractivity contribution in [2.45, 2.75) is 62.1 Å². The van der Waals surface area contributed by atoms with Gasteiger partial charge in [0.2, 0.25) is 0 Å². The molecule has 0 aliphatic heterocycles. The second kappa shape index (κ2) is 3.75. The number of halogens is 2. The molecule has 0 N–H and O–H groups in total. The minimum atomic E-state index is -0.0725. The first-order valence-electron chi connectivity index (χ1n) is 4.79. The summed E-state index contributed by atoms with van der Waals surface area (Å²) in [6.45, 7) is 4.22. The average Bonchev–Trinajstić information content (AvgIpc) is 1.80. The Morgan fingerprint density at radius 2 is 1.25 bits per heavy atom. The Balaban J connectivity index is 2.58. The molecule has 2 heteroatoms. The molecule has 0 saturated heterocycles. The van der Waals surface area contributed by atoms with E-state index in [9.17, 15) is 0 Å². The van der Waals surface area contributed by atoms with Gasteiger partial charge in [0.25, 0.3) is 0 Å². The van der Waals surface area contributed by atoms with Crippen LogP contribution in [0.4, 0.5) is 0 Å². The minimum Gasteiger partial charge on any atom is -0.120 e. The molecule has 1 saturated carbocycles. The van der Waals surface area contributed by atoms with Gasteiger partial charge in [-0.3, -0.25) is 0 Å². The molecule has 72 valence electrons. The van der Waals surface area contributed by atoms with Crippen molar-refractivity contribution >= 4 is 23.2 Å². The maximum atomic E-state index is 6.35. The molecule has 2 atom stereocenters. The van der Waals surface area contributed by atoms with Crippen LogP contribution in [0.1, 0.15) is 52.4 Å². The standard InChI is InChI=1S/C10H18Cl2/c1-9(11)6-4-3-5-7-10(2,12)8-9/h3-8H2,1-2H3. The SMILES string of the molecule is CC1(Cl)CCCCCC(C)(Cl)C1. The van der Waals surface area contributed by atoms with Crippen molar-refractivity contribution in [3.63, 3.8) is 0 Å². The summed E-state index contributed by atoms with van der Waals surface area (Å²) in [6.07, 6.45) is 6.95. The molecule has 12 heavy (non-hydrogen) atoms. The van der Waals surface area contributed by atoms with Crippen molar-refractivity contribution in [1.29, 1.82) is 0 Å². The Kier molecular flexibility index (Phi) is 3.34. The van der Waals surface area contributed by atoms with Gasteiger partial charge < -0.3 is 0 Å². The van der Waals surface area contributed by atoms with E-state index in [1.807, 2.05) is 0 Å². The molecule has 1 rings (SSSR count). The smallest absolute Gasteiger partial charge is 0.0435 e.